The monoisotopic (exact) mass is 381 g/mol. The predicted octanol–water partition coefficient (Wildman–Crippen LogP) is 3.12. The van der Waals surface area contributed by atoms with Crippen molar-refractivity contribution in [3.8, 4) is 0 Å². The van der Waals surface area contributed by atoms with Crippen molar-refractivity contribution in [2.45, 2.75) is 18.4 Å². The molecule has 0 atom stereocenters. The minimum absolute atomic E-state index is 0.0856. The zero-order chi connectivity index (χ0) is 19.3. The molecule has 1 amide bonds. The van der Waals surface area contributed by atoms with Crippen LogP contribution >= 0.6 is 0 Å². The summed E-state index contributed by atoms with van der Waals surface area (Å²) in [4.78, 5) is 16.4. The lowest BCUT2D eigenvalue weighted by atomic mass is 10.1. The van der Waals surface area contributed by atoms with E-state index in [0.717, 1.165) is 11.1 Å². The quantitative estimate of drug-likeness (QED) is 0.687. The van der Waals surface area contributed by atoms with Crippen molar-refractivity contribution in [3.05, 3.63) is 89.7 Å². The Hall–Kier alpha value is -3.19. The summed E-state index contributed by atoms with van der Waals surface area (Å²) >= 11 is 0. The smallest absolute Gasteiger partial charge is 0.262 e. The minimum Gasteiger partial charge on any atom is -0.348 e. The number of amides is 1. The number of sulfonamides is 1. The van der Waals surface area contributed by atoms with Crippen molar-refractivity contribution in [2.75, 3.05) is 4.72 Å². The van der Waals surface area contributed by atoms with E-state index in [1.807, 2.05) is 31.2 Å². The summed E-state index contributed by atoms with van der Waals surface area (Å²) in [5, 5.41) is 2.79. The first-order chi connectivity index (χ1) is 13.0. The van der Waals surface area contributed by atoms with E-state index >= 15 is 0 Å². The lowest BCUT2D eigenvalue weighted by molar-refractivity contribution is 0.0947. The van der Waals surface area contributed by atoms with Crippen molar-refractivity contribution < 1.29 is 13.2 Å². The van der Waals surface area contributed by atoms with Gasteiger partial charge in [-0.25, -0.2) is 8.42 Å². The van der Waals surface area contributed by atoms with Gasteiger partial charge in [-0.15, -0.1) is 0 Å². The highest BCUT2D eigenvalue weighted by Crippen LogP contribution is 2.19. The van der Waals surface area contributed by atoms with Crippen LogP contribution in [0.25, 0.3) is 0 Å². The molecule has 3 rings (SSSR count). The van der Waals surface area contributed by atoms with Gasteiger partial charge in [0.05, 0.1) is 17.4 Å². The molecule has 2 N–H and O–H groups in total. The summed E-state index contributed by atoms with van der Waals surface area (Å²) in [7, 11) is -3.93. The van der Waals surface area contributed by atoms with Gasteiger partial charge in [0.2, 0.25) is 0 Å². The maximum atomic E-state index is 12.7. The van der Waals surface area contributed by atoms with Crippen LogP contribution in [0.4, 0.5) is 5.69 Å². The first-order valence-electron chi connectivity index (χ1n) is 8.32. The molecule has 27 heavy (non-hydrogen) atoms. The third-order valence-electron chi connectivity index (χ3n) is 4.04. The minimum atomic E-state index is -3.93. The highest BCUT2D eigenvalue weighted by Gasteiger charge is 2.22. The number of benzene rings is 2. The molecule has 0 radical (unpaired) electrons. The summed E-state index contributed by atoms with van der Waals surface area (Å²) in [5.41, 5.74) is 2.44. The van der Waals surface area contributed by atoms with Crippen LogP contribution in [0.1, 0.15) is 21.5 Å². The number of pyridine rings is 1. The second-order valence-electron chi connectivity index (χ2n) is 5.95. The number of nitrogens with zero attached hydrogens (tertiary/aromatic N) is 1. The standard InChI is InChI=1S/C20H19N3O3S/c1-15-7-2-3-8-16(15)13-22-20(24)18-10-4-5-11-19(18)27(25,26)23-17-9-6-12-21-14-17/h2-12,14,23H,13H2,1H3,(H,22,24). The zero-order valence-electron chi connectivity index (χ0n) is 14.7. The largest absolute Gasteiger partial charge is 0.348 e. The Kier molecular flexibility index (Phi) is 5.52. The summed E-state index contributed by atoms with van der Waals surface area (Å²) in [6, 6.07) is 17.0. The Morgan fingerprint density at radius 2 is 1.74 bits per heavy atom. The van der Waals surface area contributed by atoms with Crippen LogP contribution in [-0.4, -0.2) is 19.3 Å². The fraction of sp³-hybridized carbons (Fsp3) is 0.100. The first kappa shape index (κ1) is 18.6. The zero-order valence-corrected chi connectivity index (χ0v) is 15.5. The van der Waals surface area contributed by atoms with Crippen LogP contribution in [0.2, 0.25) is 0 Å². The average Bonchev–Trinajstić information content (AvgIpc) is 2.67. The van der Waals surface area contributed by atoms with Crippen molar-refractivity contribution in [1.82, 2.24) is 10.3 Å². The van der Waals surface area contributed by atoms with Gasteiger partial charge in [-0.1, -0.05) is 36.4 Å². The van der Waals surface area contributed by atoms with E-state index in [1.54, 1.807) is 30.5 Å². The first-order valence-corrected chi connectivity index (χ1v) is 9.80. The molecule has 0 bridgehead atoms. The van der Waals surface area contributed by atoms with Gasteiger partial charge in [0.1, 0.15) is 4.90 Å². The van der Waals surface area contributed by atoms with Crippen LogP contribution < -0.4 is 10.0 Å². The van der Waals surface area contributed by atoms with Crippen LogP contribution in [0.3, 0.4) is 0 Å². The fourth-order valence-corrected chi connectivity index (χ4v) is 3.85. The highest BCUT2D eigenvalue weighted by atomic mass is 32.2. The third-order valence-corrected chi connectivity index (χ3v) is 5.48. The Balaban J connectivity index is 1.83. The summed E-state index contributed by atoms with van der Waals surface area (Å²) in [6.45, 7) is 2.27. The molecule has 6 nitrogen and oxygen atoms in total. The second kappa shape index (κ2) is 8.01. The molecule has 0 spiro atoms. The van der Waals surface area contributed by atoms with Crippen molar-refractivity contribution in [3.63, 3.8) is 0 Å². The number of nitrogens with one attached hydrogen (secondary N) is 2. The Bertz CT molecular complexity index is 1050. The Morgan fingerprint density at radius 1 is 1.00 bits per heavy atom. The number of anilines is 1. The van der Waals surface area contributed by atoms with Crippen LogP contribution in [0, 0.1) is 6.92 Å². The highest BCUT2D eigenvalue weighted by molar-refractivity contribution is 7.92. The number of carbonyl (C=O) groups is 1. The molecule has 1 heterocycles. The summed E-state index contributed by atoms with van der Waals surface area (Å²) in [5.74, 6) is -0.453. The second-order valence-corrected chi connectivity index (χ2v) is 7.60. The topological polar surface area (TPSA) is 88.2 Å². The maximum Gasteiger partial charge on any atom is 0.262 e. The van der Waals surface area contributed by atoms with E-state index < -0.39 is 15.9 Å². The number of hydrogen-bond donors (Lipinski definition) is 2. The summed E-state index contributed by atoms with van der Waals surface area (Å²) in [6.07, 6.45) is 2.95. The molecule has 0 aliphatic carbocycles. The molecule has 0 saturated heterocycles. The molecule has 2 aromatic carbocycles. The average molecular weight is 381 g/mol. The molecule has 0 unspecified atom stereocenters. The van der Waals surface area contributed by atoms with E-state index in [0.29, 0.717) is 12.2 Å². The molecule has 138 valence electrons. The fourth-order valence-electron chi connectivity index (χ4n) is 2.60. The van der Waals surface area contributed by atoms with Gasteiger partial charge in [-0.3, -0.25) is 14.5 Å². The number of aryl methyl sites for hydroxylation is 1. The molecular formula is C20H19N3O3S. The molecule has 0 aliphatic rings. The molecule has 0 fully saturated rings. The van der Waals surface area contributed by atoms with Crippen molar-refractivity contribution in [1.29, 1.82) is 0 Å². The SMILES string of the molecule is Cc1ccccc1CNC(=O)c1ccccc1S(=O)(=O)Nc1cccnc1. The number of carbonyl (C=O) groups excluding carboxylic acids is 1. The summed E-state index contributed by atoms with van der Waals surface area (Å²) < 4.78 is 27.9. The Labute approximate surface area is 158 Å². The van der Waals surface area contributed by atoms with Gasteiger partial charge < -0.3 is 5.32 Å². The molecule has 7 heteroatoms. The van der Waals surface area contributed by atoms with Crippen molar-refractivity contribution >= 4 is 21.6 Å². The lowest BCUT2D eigenvalue weighted by Gasteiger charge is -2.13. The molecular weight excluding hydrogens is 362 g/mol. The van der Waals surface area contributed by atoms with Gasteiger partial charge in [-0.05, 0) is 42.3 Å². The van der Waals surface area contributed by atoms with E-state index in [9.17, 15) is 13.2 Å². The van der Waals surface area contributed by atoms with Crippen LogP contribution in [0.5, 0.6) is 0 Å². The number of aromatic nitrogens is 1. The van der Waals surface area contributed by atoms with E-state index in [-0.39, 0.29) is 10.5 Å². The maximum absolute atomic E-state index is 12.7. The van der Waals surface area contributed by atoms with Crippen LogP contribution in [-0.2, 0) is 16.6 Å². The lowest BCUT2D eigenvalue weighted by Crippen LogP contribution is -2.26. The van der Waals surface area contributed by atoms with Gasteiger partial charge in [0.25, 0.3) is 15.9 Å². The van der Waals surface area contributed by atoms with Gasteiger partial charge in [0, 0.05) is 12.7 Å². The predicted molar refractivity (Wildman–Crippen MR) is 104 cm³/mol. The Morgan fingerprint density at radius 3 is 2.48 bits per heavy atom. The number of rotatable bonds is 6. The van der Waals surface area contributed by atoms with Gasteiger partial charge in [-0.2, -0.15) is 0 Å². The van der Waals surface area contributed by atoms with Gasteiger partial charge >= 0.3 is 0 Å². The van der Waals surface area contributed by atoms with E-state index in [1.165, 1.54) is 18.3 Å². The van der Waals surface area contributed by atoms with Crippen molar-refractivity contribution in [2.24, 2.45) is 0 Å². The molecule has 3 aromatic rings. The molecule has 0 saturated carbocycles. The van der Waals surface area contributed by atoms with Crippen LogP contribution in [0.15, 0.2) is 78.0 Å². The number of hydrogen-bond acceptors (Lipinski definition) is 4. The molecule has 1 aromatic heterocycles. The van der Waals surface area contributed by atoms with E-state index in [2.05, 4.69) is 15.0 Å². The normalized spacial score (nSPS) is 11.0. The van der Waals surface area contributed by atoms with Gasteiger partial charge in [0.15, 0.2) is 0 Å². The van der Waals surface area contributed by atoms with E-state index in [4.69, 9.17) is 0 Å². The third kappa shape index (κ3) is 4.51. The molecule has 0 aliphatic heterocycles.